The number of aryl methyl sites for hydroxylation is 1. The predicted molar refractivity (Wildman–Crippen MR) is 64.9 cm³/mol. The normalized spacial score (nSPS) is 25.5. The number of carbonyl (C=O) groups excluding carboxylic acids is 1. The van der Waals surface area contributed by atoms with Crippen molar-refractivity contribution in [2.75, 3.05) is 11.9 Å². The van der Waals surface area contributed by atoms with Crippen LogP contribution in [0, 0.1) is 0 Å². The fourth-order valence-corrected chi connectivity index (χ4v) is 2.63. The molecule has 1 aliphatic heterocycles. The van der Waals surface area contributed by atoms with Gasteiger partial charge in [0.1, 0.15) is 5.82 Å². The minimum Gasteiger partial charge on any atom is -0.299 e. The maximum Gasteiger partial charge on any atom is 0.241 e. The van der Waals surface area contributed by atoms with Crippen molar-refractivity contribution in [2.24, 2.45) is 0 Å². The monoisotopic (exact) mass is 283 g/mol. The van der Waals surface area contributed by atoms with E-state index in [2.05, 4.69) is 27.1 Å². The minimum atomic E-state index is -0.0800. The molecule has 2 aliphatic rings. The van der Waals surface area contributed by atoms with Crippen molar-refractivity contribution in [1.29, 1.82) is 0 Å². The zero-order chi connectivity index (χ0) is 11.3. The standard InChI is InChI=1S/C11H14BrN3O/c1-14-10-6-9(7-2-3-7)13-15(10)5-4-8(12)11(14)16/h6-8H,2-5H2,1H3. The molecule has 1 amide bonds. The van der Waals surface area contributed by atoms with Crippen molar-refractivity contribution in [3.05, 3.63) is 11.8 Å². The van der Waals surface area contributed by atoms with Crippen LogP contribution in [0.2, 0.25) is 0 Å². The first-order valence-corrected chi connectivity index (χ1v) is 6.58. The molecule has 3 rings (SSSR count). The SMILES string of the molecule is CN1C(=O)C(Br)CCn2nc(C3CC3)cc21. The van der Waals surface area contributed by atoms with Crippen LogP contribution >= 0.6 is 15.9 Å². The largest absolute Gasteiger partial charge is 0.299 e. The quantitative estimate of drug-likeness (QED) is 0.739. The van der Waals surface area contributed by atoms with E-state index >= 15 is 0 Å². The van der Waals surface area contributed by atoms with Crippen molar-refractivity contribution in [2.45, 2.75) is 36.6 Å². The highest BCUT2D eigenvalue weighted by Gasteiger charge is 2.31. The Hall–Kier alpha value is -0.840. The summed E-state index contributed by atoms with van der Waals surface area (Å²) >= 11 is 3.42. The smallest absolute Gasteiger partial charge is 0.241 e. The molecular weight excluding hydrogens is 270 g/mol. The van der Waals surface area contributed by atoms with E-state index in [1.807, 2.05) is 11.7 Å². The molecular formula is C11H14BrN3O. The Morgan fingerprint density at radius 1 is 1.44 bits per heavy atom. The van der Waals surface area contributed by atoms with Crippen LogP contribution in [-0.2, 0) is 11.3 Å². The molecule has 2 heterocycles. The van der Waals surface area contributed by atoms with Crippen LogP contribution in [0.3, 0.4) is 0 Å². The van der Waals surface area contributed by atoms with Crippen LogP contribution < -0.4 is 4.90 Å². The van der Waals surface area contributed by atoms with E-state index < -0.39 is 0 Å². The number of carbonyl (C=O) groups is 1. The van der Waals surface area contributed by atoms with Crippen LogP contribution in [0.15, 0.2) is 6.07 Å². The number of fused-ring (bicyclic) bond motifs is 1. The van der Waals surface area contributed by atoms with E-state index in [-0.39, 0.29) is 10.7 Å². The van der Waals surface area contributed by atoms with Gasteiger partial charge in [-0.15, -0.1) is 0 Å². The third-order valence-electron chi connectivity index (χ3n) is 3.31. The van der Waals surface area contributed by atoms with Gasteiger partial charge in [0, 0.05) is 25.6 Å². The lowest BCUT2D eigenvalue weighted by Crippen LogP contribution is -2.32. The number of amides is 1. The molecule has 1 saturated carbocycles. The Bertz CT molecular complexity index is 438. The summed E-state index contributed by atoms with van der Waals surface area (Å²) in [5.74, 6) is 1.71. The molecule has 1 aliphatic carbocycles. The van der Waals surface area contributed by atoms with Gasteiger partial charge in [-0.25, -0.2) is 4.68 Å². The average molecular weight is 284 g/mol. The molecule has 0 radical (unpaired) electrons. The molecule has 1 atom stereocenters. The van der Waals surface area contributed by atoms with Crippen molar-refractivity contribution in [3.63, 3.8) is 0 Å². The fraction of sp³-hybridized carbons (Fsp3) is 0.636. The topological polar surface area (TPSA) is 38.1 Å². The molecule has 1 unspecified atom stereocenters. The molecule has 4 nitrogen and oxygen atoms in total. The van der Waals surface area contributed by atoms with Gasteiger partial charge in [0.05, 0.1) is 10.5 Å². The molecule has 0 bridgehead atoms. The van der Waals surface area contributed by atoms with Gasteiger partial charge in [0.2, 0.25) is 5.91 Å². The number of hydrogen-bond acceptors (Lipinski definition) is 2. The summed E-state index contributed by atoms with van der Waals surface area (Å²) in [6.45, 7) is 0.814. The third kappa shape index (κ3) is 1.57. The first kappa shape index (κ1) is 10.3. The highest BCUT2D eigenvalue weighted by molar-refractivity contribution is 9.10. The average Bonchev–Trinajstić information content (AvgIpc) is 3.05. The summed E-state index contributed by atoms with van der Waals surface area (Å²) in [4.78, 5) is 13.6. The maximum atomic E-state index is 11.9. The van der Waals surface area contributed by atoms with Gasteiger partial charge in [0.15, 0.2) is 0 Å². The molecule has 1 fully saturated rings. The van der Waals surface area contributed by atoms with Crippen molar-refractivity contribution < 1.29 is 4.79 Å². The molecule has 16 heavy (non-hydrogen) atoms. The van der Waals surface area contributed by atoms with Gasteiger partial charge in [-0.1, -0.05) is 15.9 Å². The van der Waals surface area contributed by atoms with E-state index in [0.717, 1.165) is 24.5 Å². The maximum absolute atomic E-state index is 11.9. The van der Waals surface area contributed by atoms with Crippen molar-refractivity contribution in [1.82, 2.24) is 9.78 Å². The van der Waals surface area contributed by atoms with Gasteiger partial charge < -0.3 is 0 Å². The summed E-state index contributed by atoms with van der Waals surface area (Å²) in [6.07, 6.45) is 3.30. The molecule has 0 aromatic carbocycles. The van der Waals surface area contributed by atoms with Crippen LogP contribution in [0.25, 0.3) is 0 Å². The zero-order valence-corrected chi connectivity index (χ0v) is 10.8. The van der Waals surface area contributed by atoms with E-state index in [9.17, 15) is 4.79 Å². The Morgan fingerprint density at radius 3 is 2.88 bits per heavy atom. The summed E-state index contributed by atoms with van der Waals surface area (Å²) in [6, 6.07) is 2.07. The summed E-state index contributed by atoms with van der Waals surface area (Å²) in [5, 5.41) is 4.59. The highest BCUT2D eigenvalue weighted by Crippen LogP contribution is 2.40. The lowest BCUT2D eigenvalue weighted by Gasteiger charge is -2.15. The van der Waals surface area contributed by atoms with Gasteiger partial charge >= 0.3 is 0 Å². The Balaban J connectivity index is 1.98. The summed E-state index contributed by atoms with van der Waals surface area (Å²) < 4.78 is 1.97. The number of nitrogens with zero attached hydrogens (tertiary/aromatic N) is 3. The van der Waals surface area contributed by atoms with Gasteiger partial charge in [-0.2, -0.15) is 5.10 Å². The first-order chi connectivity index (χ1) is 7.66. The minimum absolute atomic E-state index is 0.0800. The lowest BCUT2D eigenvalue weighted by molar-refractivity contribution is -0.117. The fourth-order valence-electron chi connectivity index (χ4n) is 2.12. The van der Waals surface area contributed by atoms with Gasteiger partial charge in [-0.05, 0) is 19.3 Å². The van der Waals surface area contributed by atoms with Crippen molar-refractivity contribution in [3.8, 4) is 0 Å². The number of anilines is 1. The van der Waals surface area contributed by atoms with E-state index in [1.54, 1.807) is 4.90 Å². The Kier molecular flexibility index (Phi) is 2.31. The van der Waals surface area contributed by atoms with Crippen LogP contribution in [-0.4, -0.2) is 27.6 Å². The lowest BCUT2D eigenvalue weighted by atomic mass is 10.3. The molecule has 0 spiro atoms. The second-order valence-electron chi connectivity index (χ2n) is 4.58. The van der Waals surface area contributed by atoms with Crippen LogP contribution in [0.1, 0.15) is 30.9 Å². The van der Waals surface area contributed by atoms with Crippen LogP contribution in [0.5, 0.6) is 0 Å². The van der Waals surface area contributed by atoms with Gasteiger partial charge in [-0.3, -0.25) is 9.69 Å². The highest BCUT2D eigenvalue weighted by atomic mass is 79.9. The number of hydrogen-bond donors (Lipinski definition) is 0. The van der Waals surface area contributed by atoms with E-state index in [0.29, 0.717) is 5.92 Å². The molecule has 1 aromatic heterocycles. The second-order valence-corrected chi connectivity index (χ2v) is 5.68. The van der Waals surface area contributed by atoms with Crippen LogP contribution in [0.4, 0.5) is 5.82 Å². The Morgan fingerprint density at radius 2 is 2.19 bits per heavy atom. The Labute approximate surface area is 103 Å². The molecule has 0 saturated heterocycles. The molecule has 1 aromatic rings. The number of aromatic nitrogens is 2. The molecule has 0 N–H and O–H groups in total. The number of halogens is 1. The summed E-state index contributed by atoms with van der Waals surface area (Å²) in [7, 11) is 1.83. The summed E-state index contributed by atoms with van der Waals surface area (Å²) in [5.41, 5.74) is 1.16. The number of rotatable bonds is 1. The number of alkyl halides is 1. The van der Waals surface area contributed by atoms with E-state index in [1.165, 1.54) is 12.8 Å². The van der Waals surface area contributed by atoms with Crippen molar-refractivity contribution >= 4 is 27.7 Å². The molecule has 86 valence electrons. The first-order valence-electron chi connectivity index (χ1n) is 5.66. The molecule has 5 heteroatoms. The zero-order valence-electron chi connectivity index (χ0n) is 9.19. The van der Waals surface area contributed by atoms with Gasteiger partial charge in [0.25, 0.3) is 0 Å². The second kappa shape index (κ2) is 3.58. The predicted octanol–water partition coefficient (Wildman–Crippen LogP) is 1.89. The third-order valence-corrected chi connectivity index (χ3v) is 4.16. The van der Waals surface area contributed by atoms with E-state index in [4.69, 9.17) is 0 Å².